The van der Waals surface area contributed by atoms with Gasteiger partial charge in [-0.2, -0.15) is 5.10 Å². The van der Waals surface area contributed by atoms with Gasteiger partial charge in [0.05, 0.1) is 23.5 Å². The molecule has 2 aromatic heterocycles. The standard InChI is InChI=1S/C23H20N4O/c1-26(16-19-12-8-9-15-24-19)23(28)21-17-27(20-13-6-3-7-14-20)25-22(21)18-10-4-2-5-11-18/h2-15,17H,16H2,1H3. The molecule has 0 saturated heterocycles. The first-order chi connectivity index (χ1) is 13.7. The average molecular weight is 368 g/mol. The van der Waals surface area contributed by atoms with E-state index < -0.39 is 0 Å². The van der Waals surface area contributed by atoms with Gasteiger partial charge in [0.25, 0.3) is 5.91 Å². The first-order valence-electron chi connectivity index (χ1n) is 9.08. The Hall–Kier alpha value is -3.73. The molecule has 0 radical (unpaired) electrons. The van der Waals surface area contributed by atoms with E-state index in [1.54, 1.807) is 29.0 Å². The van der Waals surface area contributed by atoms with E-state index in [2.05, 4.69) is 4.98 Å². The summed E-state index contributed by atoms with van der Waals surface area (Å²) in [6, 6.07) is 25.3. The van der Waals surface area contributed by atoms with Crippen LogP contribution in [0.25, 0.3) is 16.9 Å². The highest BCUT2D eigenvalue weighted by molar-refractivity contribution is 5.99. The van der Waals surface area contributed by atoms with Gasteiger partial charge in [0.2, 0.25) is 0 Å². The van der Waals surface area contributed by atoms with Crippen molar-refractivity contribution in [2.24, 2.45) is 0 Å². The molecule has 0 unspecified atom stereocenters. The van der Waals surface area contributed by atoms with Gasteiger partial charge >= 0.3 is 0 Å². The van der Waals surface area contributed by atoms with Crippen molar-refractivity contribution < 1.29 is 4.79 Å². The second-order valence-electron chi connectivity index (χ2n) is 6.52. The number of pyridine rings is 1. The minimum Gasteiger partial charge on any atom is -0.336 e. The van der Waals surface area contributed by atoms with Crippen molar-refractivity contribution >= 4 is 5.91 Å². The topological polar surface area (TPSA) is 51.0 Å². The van der Waals surface area contributed by atoms with Crippen LogP contribution in [0.5, 0.6) is 0 Å². The maximum Gasteiger partial charge on any atom is 0.257 e. The third-order valence-corrected chi connectivity index (χ3v) is 4.48. The summed E-state index contributed by atoms with van der Waals surface area (Å²) < 4.78 is 1.75. The predicted molar refractivity (Wildman–Crippen MR) is 109 cm³/mol. The number of benzene rings is 2. The molecule has 2 heterocycles. The first-order valence-corrected chi connectivity index (χ1v) is 9.08. The lowest BCUT2D eigenvalue weighted by Gasteiger charge is -2.16. The van der Waals surface area contributed by atoms with Crippen molar-refractivity contribution in [2.75, 3.05) is 7.05 Å². The van der Waals surface area contributed by atoms with Crippen LogP contribution in [0.4, 0.5) is 0 Å². The minimum absolute atomic E-state index is 0.0910. The molecule has 0 atom stereocenters. The summed E-state index contributed by atoms with van der Waals surface area (Å²) in [6.45, 7) is 0.435. The van der Waals surface area contributed by atoms with Crippen LogP contribution in [-0.2, 0) is 6.54 Å². The molecule has 0 aliphatic rings. The van der Waals surface area contributed by atoms with Gasteiger partial charge in [-0.3, -0.25) is 9.78 Å². The summed E-state index contributed by atoms with van der Waals surface area (Å²) in [7, 11) is 1.78. The lowest BCUT2D eigenvalue weighted by molar-refractivity contribution is 0.0784. The zero-order valence-corrected chi connectivity index (χ0v) is 15.6. The van der Waals surface area contributed by atoms with Crippen LogP contribution in [0.3, 0.4) is 0 Å². The van der Waals surface area contributed by atoms with Gasteiger partial charge in [0.15, 0.2) is 0 Å². The van der Waals surface area contributed by atoms with Gasteiger partial charge in [0.1, 0.15) is 5.69 Å². The number of hydrogen-bond donors (Lipinski definition) is 0. The molecule has 0 aliphatic heterocycles. The molecule has 0 spiro atoms. The molecule has 2 aromatic carbocycles. The Bertz CT molecular complexity index is 1060. The molecule has 0 aliphatic carbocycles. The number of amides is 1. The number of hydrogen-bond acceptors (Lipinski definition) is 3. The van der Waals surface area contributed by atoms with Crippen molar-refractivity contribution in [3.05, 3.63) is 103 Å². The molecular weight excluding hydrogens is 348 g/mol. The Labute approximate surface area is 163 Å². The summed E-state index contributed by atoms with van der Waals surface area (Å²) >= 11 is 0. The average Bonchev–Trinajstić information content (AvgIpc) is 3.20. The van der Waals surface area contributed by atoms with Crippen molar-refractivity contribution in [3.8, 4) is 16.9 Å². The second kappa shape index (κ2) is 7.88. The fraction of sp³-hybridized carbons (Fsp3) is 0.0870. The van der Waals surface area contributed by atoms with Gasteiger partial charge in [-0.05, 0) is 24.3 Å². The normalized spacial score (nSPS) is 10.6. The first kappa shape index (κ1) is 17.7. The molecule has 28 heavy (non-hydrogen) atoms. The summed E-state index contributed by atoms with van der Waals surface area (Å²) in [5, 5.41) is 4.71. The highest BCUT2D eigenvalue weighted by atomic mass is 16.2. The number of rotatable bonds is 5. The highest BCUT2D eigenvalue weighted by Crippen LogP contribution is 2.25. The predicted octanol–water partition coefficient (Wildman–Crippen LogP) is 4.21. The number of carbonyl (C=O) groups excluding carboxylic acids is 1. The van der Waals surface area contributed by atoms with Crippen LogP contribution in [0, 0.1) is 0 Å². The number of para-hydroxylation sites is 1. The van der Waals surface area contributed by atoms with Crippen LogP contribution in [0.2, 0.25) is 0 Å². The number of nitrogens with zero attached hydrogens (tertiary/aromatic N) is 4. The van der Waals surface area contributed by atoms with Crippen molar-refractivity contribution in [2.45, 2.75) is 6.54 Å². The molecule has 5 nitrogen and oxygen atoms in total. The van der Waals surface area contributed by atoms with Crippen LogP contribution < -0.4 is 0 Å². The van der Waals surface area contributed by atoms with E-state index in [1.165, 1.54) is 0 Å². The van der Waals surface area contributed by atoms with E-state index in [0.29, 0.717) is 17.8 Å². The van der Waals surface area contributed by atoms with Crippen LogP contribution >= 0.6 is 0 Å². The Morgan fingerprint density at radius 2 is 1.61 bits per heavy atom. The third kappa shape index (κ3) is 3.69. The SMILES string of the molecule is CN(Cc1ccccn1)C(=O)c1cn(-c2ccccc2)nc1-c1ccccc1. The van der Waals surface area contributed by atoms with Gasteiger partial charge in [0, 0.05) is 25.0 Å². The van der Waals surface area contributed by atoms with E-state index in [9.17, 15) is 4.79 Å². The van der Waals surface area contributed by atoms with Crippen LogP contribution in [-0.4, -0.2) is 32.6 Å². The molecule has 0 fully saturated rings. The quantitative estimate of drug-likeness (QED) is 0.530. The van der Waals surface area contributed by atoms with Gasteiger partial charge in [-0.15, -0.1) is 0 Å². The van der Waals surface area contributed by atoms with E-state index >= 15 is 0 Å². The Morgan fingerprint density at radius 1 is 0.929 bits per heavy atom. The maximum atomic E-state index is 13.2. The lowest BCUT2D eigenvalue weighted by atomic mass is 10.1. The van der Waals surface area contributed by atoms with Gasteiger partial charge in [-0.1, -0.05) is 54.6 Å². The van der Waals surface area contributed by atoms with E-state index in [4.69, 9.17) is 5.10 Å². The minimum atomic E-state index is -0.0910. The van der Waals surface area contributed by atoms with Crippen molar-refractivity contribution in [3.63, 3.8) is 0 Å². The fourth-order valence-corrected chi connectivity index (χ4v) is 3.06. The second-order valence-corrected chi connectivity index (χ2v) is 6.52. The van der Waals surface area contributed by atoms with Gasteiger partial charge in [-0.25, -0.2) is 4.68 Å². The Morgan fingerprint density at radius 3 is 2.29 bits per heavy atom. The smallest absolute Gasteiger partial charge is 0.257 e. The molecular formula is C23H20N4O. The highest BCUT2D eigenvalue weighted by Gasteiger charge is 2.21. The summed E-state index contributed by atoms with van der Waals surface area (Å²) in [5.74, 6) is -0.0910. The molecule has 1 amide bonds. The number of aromatic nitrogens is 3. The van der Waals surface area contributed by atoms with E-state index in [-0.39, 0.29) is 5.91 Å². The lowest BCUT2D eigenvalue weighted by Crippen LogP contribution is -2.26. The van der Waals surface area contributed by atoms with E-state index in [1.807, 2.05) is 78.9 Å². The summed E-state index contributed by atoms with van der Waals surface area (Å²) in [5.41, 5.74) is 3.89. The van der Waals surface area contributed by atoms with Gasteiger partial charge < -0.3 is 4.90 Å². The fourth-order valence-electron chi connectivity index (χ4n) is 3.06. The largest absolute Gasteiger partial charge is 0.336 e. The molecule has 5 heteroatoms. The number of carbonyl (C=O) groups is 1. The molecule has 138 valence electrons. The molecule has 0 saturated carbocycles. The molecule has 4 rings (SSSR count). The molecule has 0 bridgehead atoms. The third-order valence-electron chi connectivity index (χ3n) is 4.48. The van der Waals surface area contributed by atoms with Crippen molar-refractivity contribution in [1.82, 2.24) is 19.7 Å². The van der Waals surface area contributed by atoms with Crippen LogP contribution in [0.1, 0.15) is 16.1 Å². The van der Waals surface area contributed by atoms with Crippen LogP contribution in [0.15, 0.2) is 91.3 Å². The summed E-state index contributed by atoms with van der Waals surface area (Å²) in [4.78, 5) is 19.2. The van der Waals surface area contributed by atoms with Crippen molar-refractivity contribution in [1.29, 1.82) is 0 Å². The Kier molecular flexibility index (Phi) is 4.97. The van der Waals surface area contributed by atoms with E-state index in [0.717, 1.165) is 16.9 Å². The zero-order chi connectivity index (χ0) is 19.3. The summed E-state index contributed by atoms with van der Waals surface area (Å²) in [6.07, 6.45) is 3.53. The zero-order valence-electron chi connectivity index (χ0n) is 15.6. The molecule has 4 aromatic rings. The maximum absolute atomic E-state index is 13.2. The monoisotopic (exact) mass is 368 g/mol. The molecule has 0 N–H and O–H groups in total. The Balaban J connectivity index is 1.72.